The highest BCUT2D eigenvalue weighted by Crippen LogP contribution is 2.02. The molecule has 0 radical (unpaired) electrons. The zero-order valence-electron chi connectivity index (χ0n) is 8.23. The molecule has 0 amide bonds. The van der Waals surface area contributed by atoms with E-state index in [-0.39, 0.29) is 11.7 Å². The Kier molecular flexibility index (Phi) is 3.31. The molecule has 1 aromatic heterocycles. The molecule has 1 atom stereocenters. The van der Waals surface area contributed by atoms with Crippen molar-refractivity contribution in [1.82, 2.24) is 9.97 Å². The van der Waals surface area contributed by atoms with Crippen LogP contribution in [0.1, 0.15) is 0 Å². The van der Waals surface area contributed by atoms with Crippen molar-refractivity contribution in [1.29, 1.82) is 0 Å². The Balaban J connectivity index is 1.84. The summed E-state index contributed by atoms with van der Waals surface area (Å²) in [5.41, 5.74) is -0.173. The van der Waals surface area contributed by atoms with Crippen LogP contribution in [0.4, 0.5) is 5.82 Å². The second kappa shape index (κ2) is 4.90. The van der Waals surface area contributed by atoms with Crippen LogP contribution in [0.25, 0.3) is 0 Å². The smallest absolute Gasteiger partial charge is 0.252 e. The molecule has 82 valence electrons. The van der Waals surface area contributed by atoms with Crippen molar-refractivity contribution in [3.8, 4) is 0 Å². The standard InChI is InChI=1S/C9H13N3O3/c13-9-3-8(11-6-12-9)10-4-7-5-14-1-2-15-7/h3,6-7H,1-2,4-5H2,(H2,10,11,12,13). The van der Waals surface area contributed by atoms with Gasteiger partial charge in [0.05, 0.1) is 32.3 Å². The molecule has 1 unspecified atom stereocenters. The van der Waals surface area contributed by atoms with E-state index in [9.17, 15) is 4.79 Å². The first-order valence-corrected chi connectivity index (χ1v) is 4.82. The van der Waals surface area contributed by atoms with Crippen LogP contribution in [0, 0.1) is 0 Å². The molecule has 1 aromatic rings. The van der Waals surface area contributed by atoms with Gasteiger partial charge >= 0.3 is 0 Å². The van der Waals surface area contributed by atoms with Gasteiger partial charge in [-0.15, -0.1) is 0 Å². The predicted molar refractivity (Wildman–Crippen MR) is 53.9 cm³/mol. The summed E-state index contributed by atoms with van der Waals surface area (Å²) in [7, 11) is 0. The zero-order chi connectivity index (χ0) is 10.5. The van der Waals surface area contributed by atoms with Crippen LogP contribution < -0.4 is 10.9 Å². The van der Waals surface area contributed by atoms with Gasteiger partial charge in [-0.1, -0.05) is 0 Å². The van der Waals surface area contributed by atoms with E-state index in [0.29, 0.717) is 32.2 Å². The van der Waals surface area contributed by atoms with Crippen molar-refractivity contribution in [2.45, 2.75) is 6.10 Å². The first-order chi connectivity index (χ1) is 7.34. The maximum atomic E-state index is 10.9. The van der Waals surface area contributed by atoms with Crippen LogP contribution in [-0.4, -0.2) is 42.4 Å². The highest BCUT2D eigenvalue weighted by atomic mass is 16.6. The lowest BCUT2D eigenvalue weighted by Gasteiger charge is -2.23. The summed E-state index contributed by atoms with van der Waals surface area (Å²) < 4.78 is 10.7. The van der Waals surface area contributed by atoms with Crippen molar-refractivity contribution in [2.24, 2.45) is 0 Å². The Morgan fingerprint density at radius 1 is 1.60 bits per heavy atom. The maximum absolute atomic E-state index is 10.9. The molecule has 0 saturated carbocycles. The van der Waals surface area contributed by atoms with Gasteiger partial charge in [0, 0.05) is 12.6 Å². The number of nitrogens with zero attached hydrogens (tertiary/aromatic N) is 1. The second-order valence-electron chi connectivity index (χ2n) is 3.24. The highest BCUT2D eigenvalue weighted by molar-refractivity contribution is 5.31. The van der Waals surface area contributed by atoms with Crippen LogP contribution in [0.15, 0.2) is 17.2 Å². The van der Waals surface area contributed by atoms with Gasteiger partial charge in [-0.2, -0.15) is 0 Å². The molecule has 1 aliphatic heterocycles. The number of hydrogen-bond acceptors (Lipinski definition) is 5. The van der Waals surface area contributed by atoms with E-state index in [1.807, 2.05) is 0 Å². The Bertz CT molecular complexity index is 360. The molecule has 0 aliphatic carbocycles. The van der Waals surface area contributed by atoms with E-state index in [2.05, 4.69) is 15.3 Å². The number of hydrogen-bond donors (Lipinski definition) is 2. The normalized spacial score (nSPS) is 21.2. The van der Waals surface area contributed by atoms with Gasteiger partial charge in [-0.3, -0.25) is 4.79 Å². The molecule has 2 N–H and O–H groups in total. The average Bonchev–Trinajstić information content (AvgIpc) is 2.28. The van der Waals surface area contributed by atoms with Crippen molar-refractivity contribution in [2.75, 3.05) is 31.7 Å². The zero-order valence-corrected chi connectivity index (χ0v) is 8.23. The topological polar surface area (TPSA) is 76.2 Å². The fourth-order valence-corrected chi connectivity index (χ4v) is 1.34. The third kappa shape index (κ3) is 3.03. The highest BCUT2D eigenvalue weighted by Gasteiger charge is 2.13. The van der Waals surface area contributed by atoms with Crippen LogP contribution >= 0.6 is 0 Å². The van der Waals surface area contributed by atoms with Gasteiger partial charge in [-0.25, -0.2) is 4.98 Å². The largest absolute Gasteiger partial charge is 0.376 e. The summed E-state index contributed by atoms with van der Waals surface area (Å²) in [6.07, 6.45) is 1.39. The number of rotatable bonds is 3. The number of aromatic nitrogens is 2. The summed E-state index contributed by atoms with van der Waals surface area (Å²) in [5.74, 6) is 0.549. The molecular formula is C9H13N3O3. The van der Waals surface area contributed by atoms with E-state index in [1.54, 1.807) is 0 Å². The van der Waals surface area contributed by atoms with E-state index in [4.69, 9.17) is 9.47 Å². The minimum atomic E-state index is -0.173. The van der Waals surface area contributed by atoms with Crippen molar-refractivity contribution < 1.29 is 9.47 Å². The van der Waals surface area contributed by atoms with Gasteiger partial charge in [0.1, 0.15) is 5.82 Å². The van der Waals surface area contributed by atoms with Gasteiger partial charge in [-0.05, 0) is 0 Å². The van der Waals surface area contributed by atoms with E-state index >= 15 is 0 Å². The summed E-state index contributed by atoms with van der Waals surface area (Å²) in [4.78, 5) is 17.4. The molecular weight excluding hydrogens is 198 g/mol. The first kappa shape index (κ1) is 10.1. The Hall–Kier alpha value is -1.40. The van der Waals surface area contributed by atoms with Crippen LogP contribution in [0.3, 0.4) is 0 Å². The quantitative estimate of drug-likeness (QED) is 0.711. The molecule has 1 saturated heterocycles. The van der Waals surface area contributed by atoms with Crippen molar-refractivity contribution >= 4 is 5.82 Å². The molecule has 15 heavy (non-hydrogen) atoms. The summed E-state index contributed by atoms with van der Waals surface area (Å²) in [5, 5.41) is 3.02. The minimum Gasteiger partial charge on any atom is -0.376 e. The third-order valence-electron chi connectivity index (χ3n) is 2.07. The number of H-pyrrole nitrogens is 1. The molecule has 1 aliphatic rings. The SMILES string of the molecule is O=c1cc(NCC2COCCO2)nc[nH]1. The summed E-state index contributed by atoms with van der Waals surface area (Å²) in [6.45, 7) is 2.45. The second-order valence-corrected chi connectivity index (χ2v) is 3.24. The van der Waals surface area contributed by atoms with Crippen molar-refractivity contribution in [3.63, 3.8) is 0 Å². The molecule has 2 rings (SSSR count). The van der Waals surface area contributed by atoms with Crippen LogP contribution in [0.5, 0.6) is 0 Å². The first-order valence-electron chi connectivity index (χ1n) is 4.82. The van der Waals surface area contributed by atoms with E-state index < -0.39 is 0 Å². The Morgan fingerprint density at radius 3 is 3.27 bits per heavy atom. The fraction of sp³-hybridized carbons (Fsp3) is 0.556. The van der Waals surface area contributed by atoms with E-state index in [0.717, 1.165) is 0 Å². The predicted octanol–water partition coefficient (Wildman–Crippen LogP) is -0.403. The van der Waals surface area contributed by atoms with E-state index in [1.165, 1.54) is 12.4 Å². The number of nitrogens with one attached hydrogen (secondary N) is 2. The summed E-state index contributed by atoms with van der Waals surface area (Å²) >= 11 is 0. The van der Waals surface area contributed by atoms with Gasteiger partial charge < -0.3 is 19.8 Å². The molecule has 2 heterocycles. The third-order valence-corrected chi connectivity index (χ3v) is 2.07. The lowest BCUT2D eigenvalue weighted by Crippen LogP contribution is -2.34. The number of anilines is 1. The summed E-state index contributed by atoms with van der Waals surface area (Å²) in [6, 6.07) is 1.41. The molecule has 0 aromatic carbocycles. The van der Waals surface area contributed by atoms with Crippen molar-refractivity contribution in [3.05, 3.63) is 22.7 Å². The van der Waals surface area contributed by atoms with Gasteiger partial charge in [0.15, 0.2) is 0 Å². The molecule has 6 heteroatoms. The average molecular weight is 211 g/mol. The van der Waals surface area contributed by atoms with Gasteiger partial charge in [0.25, 0.3) is 5.56 Å². The Morgan fingerprint density at radius 2 is 2.53 bits per heavy atom. The Labute approximate surface area is 86.6 Å². The molecule has 0 bridgehead atoms. The monoisotopic (exact) mass is 211 g/mol. The maximum Gasteiger partial charge on any atom is 0.252 e. The molecule has 6 nitrogen and oxygen atoms in total. The molecule has 0 spiro atoms. The minimum absolute atomic E-state index is 0.0276. The fourth-order valence-electron chi connectivity index (χ4n) is 1.34. The van der Waals surface area contributed by atoms with Crippen LogP contribution in [-0.2, 0) is 9.47 Å². The lowest BCUT2D eigenvalue weighted by molar-refractivity contribution is -0.0819. The number of aromatic amines is 1. The number of ether oxygens (including phenoxy) is 2. The van der Waals surface area contributed by atoms with Crippen LogP contribution in [0.2, 0.25) is 0 Å². The van der Waals surface area contributed by atoms with Gasteiger partial charge in [0.2, 0.25) is 0 Å². The molecule has 1 fully saturated rings. The lowest BCUT2D eigenvalue weighted by atomic mass is 10.3.